The molecule has 1 saturated carbocycles. The van der Waals surface area contributed by atoms with E-state index >= 15 is 0 Å². The van der Waals surface area contributed by atoms with Crippen LogP contribution in [0.3, 0.4) is 0 Å². The molecule has 0 bridgehead atoms. The minimum Gasteiger partial charge on any atom is -0.382 e. The summed E-state index contributed by atoms with van der Waals surface area (Å²) in [5.74, 6) is 1.86. The van der Waals surface area contributed by atoms with Gasteiger partial charge in [0.05, 0.1) is 0 Å². The number of ether oxygens (including phenoxy) is 1. The lowest BCUT2D eigenvalue weighted by Crippen LogP contribution is -2.35. The highest BCUT2D eigenvalue weighted by atomic mass is 16.5. The highest BCUT2D eigenvalue weighted by Gasteiger charge is 2.24. The second-order valence-corrected chi connectivity index (χ2v) is 5.25. The van der Waals surface area contributed by atoms with Gasteiger partial charge in [-0.25, -0.2) is 0 Å². The zero-order valence-corrected chi connectivity index (χ0v) is 11.3. The molecule has 0 saturated heterocycles. The summed E-state index contributed by atoms with van der Waals surface area (Å²) < 4.78 is 5.41. The van der Waals surface area contributed by atoms with Crippen LogP contribution in [0.5, 0.6) is 0 Å². The van der Waals surface area contributed by atoms with Crippen LogP contribution in [0.2, 0.25) is 0 Å². The summed E-state index contributed by atoms with van der Waals surface area (Å²) in [5.41, 5.74) is 0. The summed E-state index contributed by atoms with van der Waals surface area (Å²) in [6, 6.07) is 0.716. The van der Waals surface area contributed by atoms with Crippen LogP contribution < -0.4 is 5.32 Å². The quantitative estimate of drug-likeness (QED) is 0.674. The molecular weight excluding hydrogens is 198 g/mol. The first-order valence-electron chi connectivity index (χ1n) is 7.03. The SMILES string of the molecule is CCOCCCC(NC)C1CCC(C)CC1. The van der Waals surface area contributed by atoms with Gasteiger partial charge in [0, 0.05) is 19.3 Å². The Morgan fingerprint density at radius 3 is 2.50 bits per heavy atom. The Morgan fingerprint density at radius 1 is 1.25 bits per heavy atom. The summed E-state index contributed by atoms with van der Waals surface area (Å²) in [5, 5.41) is 3.51. The van der Waals surface area contributed by atoms with Gasteiger partial charge in [-0.1, -0.05) is 19.8 Å². The van der Waals surface area contributed by atoms with Crippen LogP contribution in [0.1, 0.15) is 52.4 Å². The maximum Gasteiger partial charge on any atom is 0.0466 e. The maximum atomic E-state index is 5.41. The minimum atomic E-state index is 0.716. The molecule has 1 aliphatic carbocycles. The monoisotopic (exact) mass is 227 g/mol. The van der Waals surface area contributed by atoms with E-state index in [1.165, 1.54) is 38.5 Å². The van der Waals surface area contributed by atoms with Gasteiger partial charge in [-0.3, -0.25) is 0 Å². The normalized spacial score (nSPS) is 27.9. The van der Waals surface area contributed by atoms with E-state index in [9.17, 15) is 0 Å². The summed E-state index contributed by atoms with van der Waals surface area (Å²) >= 11 is 0. The van der Waals surface area contributed by atoms with Crippen molar-refractivity contribution in [1.82, 2.24) is 5.32 Å². The topological polar surface area (TPSA) is 21.3 Å². The second-order valence-electron chi connectivity index (χ2n) is 5.25. The van der Waals surface area contributed by atoms with Gasteiger partial charge in [-0.15, -0.1) is 0 Å². The lowest BCUT2D eigenvalue weighted by atomic mass is 9.78. The first-order chi connectivity index (χ1) is 7.77. The average Bonchev–Trinajstić information content (AvgIpc) is 2.31. The van der Waals surface area contributed by atoms with E-state index in [4.69, 9.17) is 4.74 Å². The first-order valence-corrected chi connectivity index (χ1v) is 7.03. The van der Waals surface area contributed by atoms with Gasteiger partial charge >= 0.3 is 0 Å². The fourth-order valence-corrected chi connectivity index (χ4v) is 2.85. The van der Waals surface area contributed by atoms with Crippen LogP contribution in [0.4, 0.5) is 0 Å². The van der Waals surface area contributed by atoms with Gasteiger partial charge in [0.15, 0.2) is 0 Å². The summed E-state index contributed by atoms with van der Waals surface area (Å²) in [4.78, 5) is 0. The van der Waals surface area contributed by atoms with E-state index in [1.54, 1.807) is 0 Å². The molecule has 1 N–H and O–H groups in total. The van der Waals surface area contributed by atoms with Crippen LogP contribution in [-0.2, 0) is 4.74 Å². The van der Waals surface area contributed by atoms with E-state index < -0.39 is 0 Å². The van der Waals surface area contributed by atoms with Crippen molar-refractivity contribution in [1.29, 1.82) is 0 Å². The van der Waals surface area contributed by atoms with Crippen molar-refractivity contribution < 1.29 is 4.74 Å². The zero-order chi connectivity index (χ0) is 11.8. The number of hydrogen-bond donors (Lipinski definition) is 1. The lowest BCUT2D eigenvalue weighted by molar-refractivity contribution is 0.135. The average molecular weight is 227 g/mol. The van der Waals surface area contributed by atoms with Crippen molar-refractivity contribution in [3.05, 3.63) is 0 Å². The number of hydrogen-bond acceptors (Lipinski definition) is 2. The molecule has 0 spiro atoms. The molecule has 1 unspecified atom stereocenters. The van der Waals surface area contributed by atoms with Crippen molar-refractivity contribution >= 4 is 0 Å². The maximum absolute atomic E-state index is 5.41. The molecule has 0 amide bonds. The Morgan fingerprint density at radius 2 is 1.94 bits per heavy atom. The summed E-state index contributed by atoms with van der Waals surface area (Å²) in [7, 11) is 2.11. The van der Waals surface area contributed by atoms with Crippen LogP contribution in [-0.4, -0.2) is 26.3 Å². The Hall–Kier alpha value is -0.0800. The Bertz CT molecular complexity index is 164. The van der Waals surface area contributed by atoms with Gasteiger partial charge in [0.25, 0.3) is 0 Å². The third-order valence-electron chi connectivity index (χ3n) is 4.01. The fraction of sp³-hybridized carbons (Fsp3) is 1.00. The highest BCUT2D eigenvalue weighted by molar-refractivity contribution is 4.80. The minimum absolute atomic E-state index is 0.716. The molecule has 0 heterocycles. The Kier molecular flexibility index (Phi) is 7.06. The molecule has 1 fully saturated rings. The summed E-state index contributed by atoms with van der Waals surface area (Å²) in [6.45, 7) is 6.24. The van der Waals surface area contributed by atoms with E-state index in [-0.39, 0.29) is 0 Å². The van der Waals surface area contributed by atoms with Crippen molar-refractivity contribution in [2.45, 2.75) is 58.4 Å². The van der Waals surface area contributed by atoms with Crippen LogP contribution in [0, 0.1) is 11.8 Å². The molecule has 16 heavy (non-hydrogen) atoms. The van der Waals surface area contributed by atoms with Gasteiger partial charge in [0.2, 0.25) is 0 Å². The fourth-order valence-electron chi connectivity index (χ4n) is 2.85. The van der Waals surface area contributed by atoms with Gasteiger partial charge in [-0.2, -0.15) is 0 Å². The lowest BCUT2D eigenvalue weighted by Gasteiger charge is -2.32. The molecule has 1 aliphatic rings. The van der Waals surface area contributed by atoms with E-state index in [0.717, 1.165) is 25.0 Å². The third-order valence-corrected chi connectivity index (χ3v) is 4.01. The Balaban J connectivity index is 2.19. The molecule has 1 rings (SSSR count). The highest BCUT2D eigenvalue weighted by Crippen LogP contribution is 2.31. The standard InChI is InChI=1S/C14H29NO/c1-4-16-11-5-6-14(15-3)13-9-7-12(2)8-10-13/h12-15H,4-11H2,1-3H3. The van der Waals surface area contributed by atoms with Gasteiger partial charge in [0.1, 0.15) is 0 Å². The van der Waals surface area contributed by atoms with Crippen molar-refractivity contribution in [2.24, 2.45) is 11.8 Å². The zero-order valence-electron chi connectivity index (χ0n) is 11.3. The molecule has 96 valence electrons. The predicted octanol–water partition coefficient (Wildman–Crippen LogP) is 3.22. The molecule has 0 radical (unpaired) electrons. The Labute approximate surface area is 101 Å². The first kappa shape index (κ1) is 14.0. The molecule has 0 aliphatic heterocycles. The van der Waals surface area contributed by atoms with Gasteiger partial charge < -0.3 is 10.1 Å². The van der Waals surface area contributed by atoms with Crippen molar-refractivity contribution in [2.75, 3.05) is 20.3 Å². The van der Waals surface area contributed by atoms with E-state index in [0.29, 0.717) is 6.04 Å². The second kappa shape index (κ2) is 8.08. The van der Waals surface area contributed by atoms with E-state index in [2.05, 4.69) is 26.2 Å². The van der Waals surface area contributed by atoms with Crippen molar-refractivity contribution in [3.8, 4) is 0 Å². The molecule has 0 aromatic heterocycles. The van der Waals surface area contributed by atoms with Crippen LogP contribution in [0.15, 0.2) is 0 Å². The molecule has 0 aromatic carbocycles. The number of nitrogens with one attached hydrogen (secondary N) is 1. The predicted molar refractivity (Wildman–Crippen MR) is 69.7 cm³/mol. The molecule has 0 aromatic rings. The molecule has 1 atom stereocenters. The smallest absolute Gasteiger partial charge is 0.0466 e. The molecular formula is C14H29NO. The van der Waals surface area contributed by atoms with Crippen LogP contribution in [0.25, 0.3) is 0 Å². The molecule has 2 nitrogen and oxygen atoms in total. The van der Waals surface area contributed by atoms with Crippen molar-refractivity contribution in [3.63, 3.8) is 0 Å². The number of rotatable bonds is 7. The molecule has 2 heteroatoms. The largest absolute Gasteiger partial charge is 0.382 e. The summed E-state index contributed by atoms with van der Waals surface area (Å²) in [6.07, 6.45) is 8.16. The van der Waals surface area contributed by atoms with Gasteiger partial charge in [-0.05, 0) is 51.5 Å². The van der Waals surface area contributed by atoms with Crippen LogP contribution >= 0.6 is 0 Å². The van der Waals surface area contributed by atoms with E-state index in [1.807, 2.05) is 0 Å². The third kappa shape index (κ3) is 4.84.